The van der Waals surface area contributed by atoms with Crippen molar-refractivity contribution in [3.05, 3.63) is 33.9 Å². The van der Waals surface area contributed by atoms with E-state index in [1.165, 1.54) is 18.2 Å². The van der Waals surface area contributed by atoms with Gasteiger partial charge in [-0.3, -0.25) is 14.9 Å². The van der Waals surface area contributed by atoms with Crippen LogP contribution in [0.25, 0.3) is 0 Å². The Kier molecular flexibility index (Phi) is 4.42. The number of nitrogens with one attached hydrogen (secondary N) is 1. The minimum absolute atomic E-state index is 0.0597. The van der Waals surface area contributed by atoms with Gasteiger partial charge in [0.25, 0.3) is 11.6 Å². The summed E-state index contributed by atoms with van der Waals surface area (Å²) in [5, 5.41) is 13.8. The summed E-state index contributed by atoms with van der Waals surface area (Å²) < 4.78 is 0. The minimum Gasteiger partial charge on any atom is -0.393 e. The molecule has 0 radical (unpaired) electrons. The van der Waals surface area contributed by atoms with Crippen molar-refractivity contribution in [1.82, 2.24) is 10.2 Å². The molecule has 1 aromatic carbocycles. The number of anilines is 1. The van der Waals surface area contributed by atoms with E-state index in [0.29, 0.717) is 6.04 Å². The molecule has 21 heavy (non-hydrogen) atoms. The number of nitro benzene ring substituents is 1. The normalized spacial score (nSPS) is 22.8. The van der Waals surface area contributed by atoms with Crippen LogP contribution in [0.4, 0.5) is 11.4 Å². The van der Waals surface area contributed by atoms with Crippen LogP contribution in [0, 0.1) is 10.1 Å². The van der Waals surface area contributed by atoms with E-state index in [-0.39, 0.29) is 28.9 Å². The monoisotopic (exact) mass is 292 g/mol. The Morgan fingerprint density at radius 2 is 2.24 bits per heavy atom. The number of nitro groups is 1. The summed E-state index contributed by atoms with van der Waals surface area (Å²) in [6.45, 7) is 3.04. The molecule has 0 aliphatic carbocycles. The summed E-state index contributed by atoms with van der Waals surface area (Å²) in [5.41, 5.74) is 5.62. The molecule has 1 heterocycles. The lowest BCUT2D eigenvalue weighted by atomic mass is 9.98. The molecular weight excluding hydrogens is 272 g/mol. The second-order valence-electron chi connectivity index (χ2n) is 5.56. The number of benzene rings is 1. The Morgan fingerprint density at radius 3 is 2.86 bits per heavy atom. The number of carbonyl (C=O) groups is 1. The van der Waals surface area contributed by atoms with E-state index >= 15 is 0 Å². The van der Waals surface area contributed by atoms with Gasteiger partial charge in [0, 0.05) is 30.3 Å². The maximum Gasteiger partial charge on any atom is 0.292 e. The molecule has 2 rings (SSSR count). The number of piperidine rings is 1. The Hall–Kier alpha value is -2.15. The average molecular weight is 292 g/mol. The van der Waals surface area contributed by atoms with Gasteiger partial charge in [0.15, 0.2) is 0 Å². The Bertz CT molecular complexity index is 561. The van der Waals surface area contributed by atoms with E-state index < -0.39 is 4.92 Å². The number of likely N-dealkylation sites (tertiary alicyclic amines) is 1. The molecule has 0 saturated carbocycles. The third kappa shape index (κ3) is 3.49. The molecule has 2 atom stereocenters. The van der Waals surface area contributed by atoms with Crippen LogP contribution in [0.5, 0.6) is 0 Å². The number of hydrogen-bond acceptors (Lipinski definition) is 5. The first-order valence-electron chi connectivity index (χ1n) is 6.93. The van der Waals surface area contributed by atoms with Crippen LogP contribution in [0.15, 0.2) is 18.2 Å². The molecule has 1 aromatic rings. The molecule has 0 aromatic heterocycles. The zero-order chi connectivity index (χ0) is 15.6. The average Bonchev–Trinajstić information content (AvgIpc) is 2.43. The largest absolute Gasteiger partial charge is 0.393 e. The fraction of sp³-hybridized carbons (Fsp3) is 0.500. The first kappa shape index (κ1) is 15.2. The van der Waals surface area contributed by atoms with Crippen LogP contribution in [0.2, 0.25) is 0 Å². The number of amides is 1. The molecular formula is C14H20N4O3. The molecule has 2 unspecified atom stereocenters. The fourth-order valence-electron chi connectivity index (χ4n) is 2.53. The van der Waals surface area contributed by atoms with E-state index in [2.05, 4.69) is 24.2 Å². The Labute approximate surface area is 123 Å². The standard InChI is InChI=1S/C14H20N4O3/c1-9-7-11(5-6-17(9)2)16-14(19)10-3-4-12(15)13(8-10)18(20)21/h3-4,8-9,11H,5-7,15H2,1-2H3,(H,16,19). The molecule has 1 saturated heterocycles. The van der Waals surface area contributed by atoms with Gasteiger partial charge in [-0.2, -0.15) is 0 Å². The second kappa shape index (κ2) is 6.09. The molecule has 7 nitrogen and oxygen atoms in total. The first-order chi connectivity index (χ1) is 9.88. The predicted molar refractivity (Wildman–Crippen MR) is 80.1 cm³/mol. The van der Waals surface area contributed by atoms with Crippen LogP contribution in [0.3, 0.4) is 0 Å². The quantitative estimate of drug-likeness (QED) is 0.498. The van der Waals surface area contributed by atoms with Gasteiger partial charge in [0.05, 0.1) is 4.92 Å². The van der Waals surface area contributed by atoms with Crippen LogP contribution in [-0.4, -0.2) is 41.4 Å². The summed E-state index contributed by atoms with van der Waals surface area (Å²) in [5.74, 6) is -0.292. The smallest absolute Gasteiger partial charge is 0.292 e. The van der Waals surface area contributed by atoms with E-state index in [4.69, 9.17) is 5.73 Å². The fourth-order valence-corrected chi connectivity index (χ4v) is 2.53. The van der Waals surface area contributed by atoms with Crippen LogP contribution >= 0.6 is 0 Å². The topological polar surface area (TPSA) is 102 Å². The number of hydrogen-bond donors (Lipinski definition) is 2. The SMILES string of the molecule is CC1CC(NC(=O)c2ccc(N)c([N+](=O)[O-])c2)CCN1C. The van der Waals surface area contributed by atoms with Crippen molar-refractivity contribution in [3.8, 4) is 0 Å². The summed E-state index contributed by atoms with van der Waals surface area (Å²) >= 11 is 0. The number of carbonyl (C=O) groups excluding carboxylic acids is 1. The van der Waals surface area contributed by atoms with Gasteiger partial charge >= 0.3 is 0 Å². The highest BCUT2D eigenvalue weighted by Gasteiger charge is 2.25. The Morgan fingerprint density at radius 1 is 1.52 bits per heavy atom. The first-order valence-corrected chi connectivity index (χ1v) is 6.93. The van der Waals surface area contributed by atoms with Gasteiger partial charge in [-0.05, 0) is 38.9 Å². The van der Waals surface area contributed by atoms with Gasteiger partial charge in [-0.25, -0.2) is 0 Å². The number of nitrogen functional groups attached to an aromatic ring is 1. The molecule has 1 fully saturated rings. The van der Waals surface area contributed by atoms with Crippen molar-refractivity contribution in [1.29, 1.82) is 0 Å². The molecule has 1 aliphatic heterocycles. The summed E-state index contributed by atoms with van der Waals surface area (Å²) in [6, 6.07) is 4.63. The minimum atomic E-state index is -0.580. The van der Waals surface area contributed by atoms with Gasteiger partial charge < -0.3 is 16.0 Å². The van der Waals surface area contributed by atoms with Crippen molar-refractivity contribution < 1.29 is 9.72 Å². The lowest BCUT2D eigenvalue weighted by Crippen LogP contribution is -2.47. The van der Waals surface area contributed by atoms with E-state index in [1.54, 1.807) is 0 Å². The Balaban J connectivity index is 2.07. The van der Waals surface area contributed by atoms with E-state index in [1.807, 2.05) is 0 Å². The highest BCUT2D eigenvalue weighted by Crippen LogP contribution is 2.23. The second-order valence-corrected chi connectivity index (χ2v) is 5.56. The van der Waals surface area contributed by atoms with Crippen LogP contribution in [0.1, 0.15) is 30.1 Å². The van der Waals surface area contributed by atoms with E-state index in [9.17, 15) is 14.9 Å². The maximum atomic E-state index is 12.2. The molecule has 1 aliphatic rings. The summed E-state index contributed by atoms with van der Waals surface area (Å²) in [4.78, 5) is 24.7. The van der Waals surface area contributed by atoms with Gasteiger partial charge in [-0.15, -0.1) is 0 Å². The third-order valence-corrected chi connectivity index (χ3v) is 4.03. The summed E-state index contributed by atoms with van der Waals surface area (Å²) in [7, 11) is 2.06. The molecule has 0 bridgehead atoms. The molecule has 7 heteroatoms. The van der Waals surface area contributed by atoms with Crippen molar-refractivity contribution in [2.24, 2.45) is 0 Å². The molecule has 3 N–H and O–H groups in total. The lowest BCUT2D eigenvalue weighted by molar-refractivity contribution is -0.383. The molecule has 114 valence electrons. The van der Waals surface area contributed by atoms with Crippen molar-refractivity contribution >= 4 is 17.3 Å². The van der Waals surface area contributed by atoms with Crippen molar-refractivity contribution in [3.63, 3.8) is 0 Å². The van der Waals surface area contributed by atoms with Crippen molar-refractivity contribution in [2.75, 3.05) is 19.3 Å². The van der Waals surface area contributed by atoms with E-state index in [0.717, 1.165) is 19.4 Å². The van der Waals surface area contributed by atoms with Gasteiger partial charge in [-0.1, -0.05) is 0 Å². The van der Waals surface area contributed by atoms with Gasteiger partial charge in [0.1, 0.15) is 5.69 Å². The number of nitrogens with zero attached hydrogens (tertiary/aromatic N) is 2. The predicted octanol–water partition coefficient (Wildman–Crippen LogP) is 1.39. The van der Waals surface area contributed by atoms with Crippen LogP contribution in [-0.2, 0) is 0 Å². The number of rotatable bonds is 3. The highest BCUT2D eigenvalue weighted by atomic mass is 16.6. The highest BCUT2D eigenvalue weighted by molar-refractivity contribution is 5.95. The van der Waals surface area contributed by atoms with Crippen molar-refractivity contribution in [2.45, 2.75) is 31.8 Å². The number of nitrogens with two attached hydrogens (primary N) is 1. The molecule has 1 amide bonds. The zero-order valence-electron chi connectivity index (χ0n) is 12.2. The lowest BCUT2D eigenvalue weighted by Gasteiger charge is -2.35. The maximum absolute atomic E-state index is 12.2. The third-order valence-electron chi connectivity index (χ3n) is 4.03. The summed E-state index contributed by atoms with van der Waals surface area (Å²) in [6.07, 6.45) is 1.75. The molecule has 0 spiro atoms. The zero-order valence-corrected chi connectivity index (χ0v) is 12.2. The van der Waals surface area contributed by atoms with Gasteiger partial charge in [0.2, 0.25) is 0 Å². The van der Waals surface area contributed by atoms with Crippen LogP contribution < -0.4 is 11.1 Å².